The molecule has 0 atom stereocenters. The van der Waals surface area contributed by atoms with Crippen LogP contribution in [0.2, 0.25) is 5.02 Å². The zero-order chi connectivity index (χ0) is 16.7. The Hall–Kier alpha value is -2.26. The quantitative estimate of drug-likeness (QED) is 0.704. The minimum Gasteiger partial charge on any atom is -0.369 e. The van der Waals surface area contributed by atoms with Gasteiger partial charge in [0.1, 0.15) is 5.82 Å². The third-order valence-electron chi connectivity index (χ3n) is 4.54. The fraction of sp³-hybridized carbons (Fsp3) is 0.250. The molecule has 0 amide bonds. The Morgan fingerprint density at radius 2 is 1.96 bits per heavy atom. The molecular weight excluding hydrogens is 318 g/mol. The van der Waals surface area contributed by atoms with Crippen molar-refractivity contribution in [1.29, 1.82) is 0 Å². The van der Waals surface area contributed by atoms with Gasteiger partial charge in [-0.15, -0.1) is 0 Å². The minimum absolute atomic E-state index is 0.442. The van der Waals surface area contributed by atoms with Crippen LogP contribution in [0.15, 0.2) is 48.5 Å². The monoisotopic (exact) mass is 337 g/mol. The summed E-state index contributed by atoms with van der Waals surface area (Å²) in [6, 6.07) is 16.4. The van der Waals surface area contributed by atoms with Gasteiger partial charge in [0.25, 0.3) is 0 Å². The Kier molecular flexibility index (Phi) is 3.81. The Morgan fingerprint density at radius 1 is 1.12 bits per heavy atom. The van der Waals surface area contributed by atoms with Crippen LogP contribution in [0.3, 0.4) is 0 Å². The summed E-state index contributed by atoms with van der Waals surface area (Å²) < 4.78 is 2.06. The number of benzene rings is 2. The molecule has 1 N–H and O–H groups in total. The summed E-state index contributed by atoms with van der Waals surface area (Å²) in [7, 11) is 0. The third kappa shape index (κ3) is 2.49. The lowest BCUT2D eigenvalue weighted by Gasteiger charge is -2.14. The molecule has 3 nitrogen and oxygen atoms in total. The van der Waals surface area contributed by atoms with Gasteiger partial charge in [-0.05, 0) is 36.1 Å². The Morgan fingerprint density at radius 3 is 2.75 bits per heavy atom. The number of hydrogen-bond donors (Lipinski definition) is 1. The first-order valence-corrected chi connectivity index (χ1v) is 8.74. The van der Waals surface area contributed by atoms with E-state index in [1.165, 1.54) is 11.1 Å². The molecule has 0 aliphatic carbocycles. The molecule has 4 heteroatoms. The summed E-state index contributed by atoms with van der Waals surface area (Å²) in [5.41, 5.74) is 5.82. The van der Waals surface area contributed by atoms with Crippen molar-refractivity contribution < 1.29 is 0 Å². The van der Waals surface area contributed by atoms with Gasteiger partial charge >= 0.3 is 0 Å². The maximum atomic E-state index is 6.19. The van der Waals surface area contributed by atoms with E-state index in [0.29, 0.717) is 5.92 Å². The maximum absolute atomic E-state index is 6.19. The predicted molar refractivity (Wildman–Crippen MR) is 100 cm³/mol. The Bertz CT molecular complexity index is 896. The van der Waals surface area contributed by atoms with Gasteiger partial charge in [0, 0.05) is 22.7 Å². The lowest BCUT2D eigenvalue weighted by Crippen LogP contribution is -2.07. The minimum atomic E-state index is 0.442. The van der Waals surface area contributed by atoms with Crippen molar-refractivity contribution in [2.24, 2.45) is 0 Å². The second-order valence-electron chi connectivity index (χ2n) is 6.49. The van der Waals surface area contributed by atoms with E-state index >= 15 is 0 Å². The van der Waals surface area contributed by atoms with E-state index in [0.717, 1.165) is 40.8 Å². The van der Waals surface area contributed by atoms with Crippen LogP contribution in [0.4, 0.5) is 5.82 Å². The van der Waals surface area contributed by atoms with Crippen LogP contribution in [-0.2, 0) is 6.42 Å². The van der Waals surface area contributed by atoms with Crippen molar-refractivity contribution in [3.63, 3.8) is 0 Å². The summed E-state index contributed by atoms with van der Waals surface area (Å²) in [5, 5.41) is 9.20. The zero-order valence-electron chi connectivity index (χ0n) is 13.9. The second kappa shape index (κ2) is 5.99. The molecule has 0 radical (unpaired) electrons. The van der Waals surface area contributed by atoms with Crippen molar-refractivity contribution in [2.45, 2.75) is 26.2 Å². The van der Waals surface area contributed by atoms with Crippen molar-refractivity contribution in [1.82, 2.24) is 9.78 Å². The van der Waals surface area contributed by atoms with E-state index < -0.39 is 0 Å². The number of anilines is 1. The number of para-hydroxylation sites is 1. The molecule has 0 spiro atoms. The number of nitrogens with zero attached hydrogens (tertiary/aromatic N) is 2. The molecule has 122 valence electrons. The molecule has 24 heavy (non-hydrogen) atoms. The Balaban J connectivity index is 1.92. The van der Waals surface area contributed by atoms with E-state index in [9.17, 15) is 0 Å². The highest BCUT2D eigenvalue weighted by Crippen LogP contribution is 2.36. The smallest absolute Gasteiger partial charge is 0.133 e. The second-order valence-corrected chi connectivity index (χ2v) is 6.92. The largest absolute Gasteiger partial charge is 0.369 e. The van der Waals surface area contributed by atoms with E-state index in [1.54, 1.807) is 0 Å². The SMILES string of the molecule is CC(C)c1ccccc1-n1nc(-c2cccc(Cl)c2)c2c1NCC2. The molecule has 2 aromatic carbocycles. The zero-order valence-corrected chi connectivity index (χ0v) is 14.6. The highest BCUT2D eigenvalue weighted by atomic mass is 35.5. The highest BCUT2D eigenvalue weighted by molar-refractivity contribution is 6.30. The van der Waals surface area contributed by atoms with E-state index in [2.05, 4.69) is 54.2 Å². The molecular formula is C20H20ClN3. The Labute approximate surface area is 147 Å². The van der Waals surface area contributed by atoms with Crippen LogP contribution in [0.5, 0.6) is 0 Å². The van der Waals surface area contributed by atoms with Gasteiger partial charge in [0.05, 0.1) is 11.4 Å². The van der Waals surface area contributed by atoms with E-state index in [-0.39, 0.29) is 0 Å². The predicted octanol–water partition coefficient (Wildman–Crippen LogP) is 5.28. The van der Waals surface area contributed by atoms with Gasteiger partial charge in [-0.1, -0.05) is 55.8 Å². The number of hydrogen-bond acceptors (Lipinski definition) is 2. The summed E-state index contributed by atoms with van der Waals surface area (Å²) in [5.74, 6) is 1.55. The number of nitrogens with one attached hydrogen (secondary N) is 1. The van der Waals surface area contributed by atoms with Gasteiger partial charge in [0.15, 0.2) is 0 Å². The molecule has 0 bridgehead atoms. The molecule has 1 aromatic heterocycles. The topological polar surface area (TPSA) is 29.9 Å². The van der Waals surface area contributed by atoms with Crippen molar-refractivity contribution in [3.05, 3.63) is 64.7 Å². The van der Waals surface area contributed by atoms with Crippen LogP contribution in [0, 0.1) is 0 Å². The molecule has 0 saturated heterocycles. The lowest BCUT2D eigenvalue weighted by molar-refractivity contribution is 0.812. The van der Waals surface area contributed by atoms with Gasteiger partial charge in [-0.2, -0.15) is 5.10 Å². The molecule has 2 heterocycles. The normalized spacial score (nSPS) is 13.2. The summed E-state index contributed by atoms with van der Waals surface area (Å²) in [6.45, 7) is 5.38. The van der Waals surface area contributed by atoms with Crippen LogP contribution in [0.1, 0.15) is 30.9 Å². The molecule has 0 unspecified atom stereocenters. The first-order chi connectivity index (χ1) is 11.6. The van der Waals surface area contributed by atoms with Gasteiger partial charge in [0.2, 0.25) is 0 Å². The van der Waals surface area contributed by atoms with Crippen molar-refractivity contribution in [2.75, 3.05) is 11.9 Å². The summed E-state index contributed by atoms with van der Waals surface area (Å²) >= 11 is 6.19. The molecule has 1 aliphatic heterocycles. The molecule has 0 saturated carbocycles. The summed E-state index contributed by atoms with van der Waals surface area (Å²) in [6.07, 6.45) is 0.987. The van der Waals surface area contributed by atoms with E-state index in [1.807, 2.05) is 18.2 Å². The first kappa shape index (κ1) is 15.3. The van der Waals surface area contributed by atoms with Crippen molar-refractivity contribution in [3.8, 4) is 16.9 Å². The van der Waals surface area contributed by atoms with Gasteiger partial charge in [-0.25, -0.2) is 4.68 Å². The highest BCUT2D eigenvalue weighted by Gasteiger charge is 2.25. The van der Waals surface area contributed by atoms with Crippen LogP contribution >= 0.6 is 11.6 Å². The maximum Gasteiger partial charge on any atom is 0.133 e. The number of aromatic nitrogens is 2. The van der Waals surface area contributed by atoms with Crippen LogP contribution in [-0.4, -0.2) is 16.3 Å². The fourth-order valence-electron chi connectivity index (χ4n) is 3.39. The lowest BCUT2D eigenvalue weighted by atomic mass is 10.0. The first-order valence-electron chi connectivity index (χ1n) is 8.36. The van der Waals surface area contributed by atoms with Crippen molar-refractivity contribution >= 4 is 17.4 Å². The molecule has 1 aliphatic rings. The molecule has 0 fully saturated rings. The van der Waals surface area contributed by atoms with Crippen LogP contribution < -0.4 is 5.32 Å². The summed E-state index contributed by atoms with van der Waals surface area (Å²) in [4.78, 5) is 0. The number of rotatable bonds is 3. The number of fused-ring (bicyclic) bond motifs is 1. The van der Waals surface area contributed by atoms with Crippen LogP contribution in [0.25, 0.3) is 16.9 Å². The third-order valence-corrected chi connectivity index (χ3v) is 4.77. The van der Waals surface area contributed by atoms with Gasteiger partial charge in [-0.3, -0.25) is 0 Å². The van der Waals surface area contributed by atoms with Gasteiger partial charge < -0.3 is 5.32 Å². The average Bonchev–Trinajstić information content (AvgIpc) is 3.17. The van der Waals surface area contributed by atoms with E-state index in [4.69, 9.17) is 16.7 Å². The standard InChI is InChI=1S/C20H20ClN3/c1-13(2)16-8-3-4-9-18(16)24-20-17(10-11-22-20)19(23-24)14-6-5-7-15(21)12-14/h3-9,12-13,22H,10-11H2,1-2H3. The molecule has 4 rings (SSSR count). The number of halogens is 1. The average molecular weight is 338 g/mol. The molecule has 3 aromatic rings. The fourth-order valence-corrected chi connectivity index (χ4v) is 3.58.